The first-order valence-corrected chi connectivity index (χ1v) is 13.5. The molecule has 0 amide bonds. The van der Waals surface area contributed by atoms with Crippen LogP contribution in [0.3, 0.4) is 0 Å². The van der Waals surface area contributed by atoms with Crippen molar-refractivity contribution in [2.75, 3.05) is 13.1 Å². The van der Waals surface area contributed by atoms with Gasteiger partial charge < -0.3 is 0 Å². The van der Waals surface area contributed by atoms with E-state index in [1.54, 1.807) is 41.2 Å². The summed E-state index contributed by atoms with van der Waals surface area (Å²) >= 11 is 0. The van der Waals surface area contributed by atoms with E-state index >= 15 is 0 Å². The number of fused-ring (bicyclic) bond motifs is 2. The Labute approximate surface area is 218 Å². The van der Waals surface area contributed by atoms with Gasteiger partial charge in [-0.15, -0.1) is 0 Å². The van der Waals surface area contributed by atoms with Crippen LogP contribution in [-0.2, 0) is 16.4 Å². The number of halogens is 2. The zero-order valence-electron chi connectivity index (χ0n) is 20.1. The summed E-state index contributed by atoms with van der Waals surface area (Å²) in [4.78, 5) is 18.3. The van der Waals surface area contributed by atoms with Crippen LogP contribution in [0.1, 0.15) is 28.2 Å². The predicted octanol–water partition coefficient (Wildman–Crippen LogP) is 4.45. The first-order valence-electron chi connectivity index (χ1n) is 12.0. The molecule has 6 rings (SSSR count). The monoisotopic (exact) mass is 532 g/mol. The van der Waals surface area contributed by atoms with Gasteiger partial charge in [-0.25, -0.2) is 21.9 Å². The molecule has 0 spiro atoms. The normalized spacial score (nSPS) is 19.4. The quantitative estimate of drug-likeness (QED) is 0.355. The van der Waals surface area contributed by atoms with Crippen LogP contribution in [0.5, 0.6) is 0 Å². The van der Waals surface area contributed by atoms with Crippen molar-refractivity contribution < 1.29 is 22.0 Å². The van der Waals surface area contributed by atoms with E-state index in [-0.39, 0.29) is 41.7 Å². The minimum absolute atomic E-state index is 0.0348. The topological polar surface area (TPSA) is 85.2 Å². The predicted molar refractivity (Wildman–Crippen MR) is 136 cm³/mol. The van der Waals surface area contributed by atoms with Gasteiger partial charge in [0.1, 0.15) is 17.3 Å². The molecule has 1 aliphatic heterocycles. The maximum absolute atomic E-state index is 14.1. The summed E-state index contributed by atoms with van der Waals surface area (Å²) < 4.78 is 57.1. The van der Waals surface area contributed by atoms with Gasteiger partial charge in [0, 0.05) is 19.3 Å². The molecule has 2 aromatic heterocycles. The third-order valence-corrected chi connectivity index (χ3v) is 9.10. The molecule has 3 heterocycles. The number of piperidine rings is 1. The van der Waals surface area contributed by atoms with Gasteiger partial charge in [0.05, 0.1) is 27.9 Å². The molecule has 0 unspecified atom stereocenters. The molecule has 1 saturated heterocycles. The Morgan fingerprint density at radius 2 is 1.66 bits per heavy atom. The number of Topliss-reactive ketones (excluding diaryl/α,β-unsaturated/α-hetero) is 1. The maximum atomic E-state index is 14.1. The van der Waals surface area contributed by atoms with Crippen LogP contribution >= 0.6 is 0 Å². The number of carbonyl (C=O) groups excluding carboxylic acids is 1. The number of pyridine rings is 1. The zero-order valence-corrected chi connectivity index (χ0v) is 20.9. The van der Waals surface area contributed by atoms with Gasteiger partial charge >= 0.3 is 0 Å². The fourth-order valence-electron chi connectivity index (χ4n) is 5.31. The third-order valence-electron chi connectivity index (χ3n) is 7.24. The fourth-order valence-corrected chi connectivity index (χ4v) is 6.81. The van der Waals surface area contributed by atoms with Crippen molar-refractivity contribution in [2.45, 2.75) is 17.7 Å². The summed E-state index contributed by atoms with van der Waals surface area (Å²) in [6.45, 7) is 0.0674. The molecule has 1 fully saturated rings. The Balaban J connectivity index is 1.45. The standard InChI is InChI=1S/C28H22F2N4O3S/c29-21-4-8-23(9-5-21)34-26-15-20-12-14-33(38(36,37)24-10-6-22(30)7-11-24)18-28(20,16-19(26)17-32-34)27(35)25-3-1-2-13-31-25/h1-11,13,15,17H,12,14,16,18H2/t28-/m0/s1. The van der Waals surface area contributed by atoms with E-state index in [0.717, 1.165) is 29.0 Å². The Morgan fingerprint density at radius 1 is 0.947 bits per heavy atom. The highest BCUT2D eigenvalue weighted by Gasteiger charge is 2.51. The van der Waals surface area contributed by atoms with E-state index in [4.69, 9.17) is 0 Å². The van der Waals surface area contributed by atoms with Crippen molar-refractivity contribution in [1.82, 2.24) is 19.1 Å². The average molecular weight is 533 g/mol. The first-order chi connectivity index (χ1) is 18.3. The molecule has 38 heavy (non-hydrogen) atoms. The van der Waals surface area contributed by atoms with Crippen molar-refractivity contribution in [2.24, 2.45) is 5.41 Å². The molecule has 10 heteroatoms. The number of hydrogen-bond acceptors (Lipinski definition) is 5. The minimum Gasteiger partial charge on any atom is -0.291 e. The lowest BCUT2D eigenvalue weighted by Gasteiger charge is -2.44. The number of hydrogen-bond donors (Lipinski definition) is 0. The smallest absolute Gasteiger partial charge is 0.243 e. The first kappa shape index (κ1) is 24.3. The number of benzene rings is 2. The highest BCUT2D eigenvalue weighted by molar-refractivity contribution is 7.89. The second kappa shape index (κ2) is 9.07. The van der Waals surface area contributed by atoms with Crippen LogP contribution in [0.15, 0.2) is 89.6 Å². The molecule has 1 aliphatic carbocycles. The SMILES string of the molecule is O=C(c1ccccn1)[C@]12Cc3cnn(-c4ccc(F)cc4)c3C=C1CCN(S(=O)(=O)c1ccc(F)cc1)C2. The second-order valence-electron chi connectivity index (χ2n) is 9.46. The van der Waals surface area contributed by atoms with Gasteiger partial charge in [-0.2, -0.15) is 9.40 Å². The Morgan fingerprint density at radius 3 is 2.34 bits per heavy atom. The molecule has 0 saturated carbocycles. The summed E-state index contributed by atoms with van der Waals surface area (Å²) in [7, 11) is -3.99. The lowest BCUT2D eigenvalue weighted by Crippen LogP contribution is -2.53. The summed E-state index contributed by atoms with van der Waals surface area (Å²) in [5.41, 5.74) is 2.05. The molecule has 1 atom stereocenters. The Hall–Kier alpha value is -4.02. The van der Waals surface area contributed by atoms with Gasteiger partial charge in [-0.1, -0.05) is 11.6 Å². The molecule has 0 N–H and O–H groups in total. The molecule has 2 aromatic carbocycles. The summed E-state index contributed by atoms with van der Waals surface area (Å²) in [6, 6.07) is 15.7. The fraction of sp³-hybridized carbons (Fsp3) is 0.179. The largest absolute Gasteiger partial charge is 0.291 e. The molecule has 2 aliphatic rings. The van der Waals surface area contributed by atoms with Crippen molar-refractivity contribution >= 4 is 21.9 Å². The van der Waals surface area contributed by atoms with Crippen LogP contribution in [0, 0.1) is 17.0 Å². The lowest BCUT2D eigenvalue weighted by atomic mass is 9.65. The average Bonchev–Trinajstić information content (AvgIpc) is 3.34. The van der Waals surface area contributed by atoms with E-state index in [2.05, 4.69) is 10.1 Å². The van der Waals surface area contributed by atoms with Gasteiger partial charge in [-0.3, -0.25) is 9.78 Å². The van der Waals surface area contributed by atoms with Crippen molar-refractivity contribution in [3.63, 3.8) is 0 Å². The van der Waals surface area contributed by atoms with Crippen LogP contribution in [-0.4, -0.2) is 46.4 Å². The zero-order chi connectivity index (χ0) is 26.5. The maximum Gasteiger partial charge on any atom is 0.243 e. The second-order valence-corrected chi connectivity index (χ2v) is 11.4. The van der Waals surface area contributed by atoms with Crippen LogP contribution < -0.4 is 0 Å². The third kappa shape index (κ3) is 3.97. The number of sulfonamides is 1. The van der Waals surface area contributed by atoms with E-state index in [0.29, 0.717) is 12.1 Å². The van der Waals surface area contributed by atoms with E-state index in [1.807, 2.05) is 6.08 Å². The molecule has 7 nitrogen and oxygen atoms in total. The molecule has 192 valence electrons. The van der Waals surface area contributed by atoms with Crippen molar-refractivity contribution in [1.29, 1.82) is 0 Å². The van der Waals surface area contributed by atoms with Crippen LogP contribution in [0.2, 0.25) is 0 Å². The molecule has 4 aromatic rings. The van der Waals surface area contributed by atoms with E-state index < -0.39 is 21.3 Å². The summed E-state index contributed by atoms with van der Waals surface area (Å²) in [5.74, 6) is -1.17. The van der Waals surface area contributed by atoms with Crippen molar-refractivity contribution in [3.05, 3.63) is 113 Å². The number of carbonyl (C=O) groups is 1. The molecular weight excluding hydrogens is 510 g/mol. The van der Waals surface area contributed by atoms with Gasteiger partial charge in [0.15, 0.2) is 5.78 Å². The molecule has 0 bridgehead atoms. The molecular formula is C28H22F2N4O3S. The van der Waals surface area contributed by atoms with Crippen molar-refractivity contribution in [3.8, 4) is 5.69 Å². The van der Waals surface area contributed by atoms with Crippen LogP contribution in [0.4, 0.5) is 8.78 Å². The van der Waals surface area contributed by atoms with Gasteiger partial charge in [-0.05, 0) is 85.1 Å². The number of aromatic nitrogens is 3. The Kier molecular flexibility index (Phi) is 5.81. The number of nitrogens with zero attached hydrogens (tertiary/aromatic N) is 4. The van der Waals surface area contributed by atoms with Gasteiger partial charge in [0.2, 0.25) is 10.0 Å². The highest BCUT2D eigenvalue weighted by Crippen LogP contribution is 2.47. The summed E-state index contributed by atoms with van der Waals surface area (Å²) in [5, 5.41) is 4.50. The van der Waals surface area contributed by atoms with Crippen LogP contribution in [0.25, 0.3) is 11.8 Å². The minimum atomic E-state index is -3.99. The summed E-state index contributed by atoms with van der Waals surface area (Å²) in [6.07, 6.45) is 5.63. The van der Waals surface area contributed by atoms with Gasteiger partial charge in [0.25, 0.3) is 0 Å². The lowest BCUT2D eigenvalue weighted by molar-refractivity contribution is 0.0770. The number of ketones is 1. The molecule has 0 radical (unpaired) electrons. The Bertz CT molecular complexity index is 1670. The highest BCUT2D eigenvalue weighted by atomic mass is 32.2. The van der Waals surface area contributed by atoms with E-state index in [1.165, 1.54) is 34.8 Å². The number of rotatable bonds is 5. The van der Waals surface area contributed by atoms with E-state index in [9.17, 15) is 22.0 Å².